The van der Waals surface area contributed by atoms with Crippen molar-refractivity contribution in [1.82, 2.24) is 0 Å². The Morgan fingerprint density at radius 2 is 1.25 bits per heavy atom. The van der Waals surface area contributed by atoms with Crippen molar-refractivity contribution in [3.05, 3.63) is 107 Å². The Balaban J connectivity index is 0.000000237. The molecule has 144 valence electrons. The van der Waals surface area contributed by atoms with Gasteiger partial charge in [0.1, 0.15) is 11.6 Å². The van der Waals surface area contributed by atoms with Gasteiger partial charge in [0.15, 0.2) is 0 Å². The third-order valence-corrected chi connectivity index (χ3v) is 4.55. The van der Waals surface area contributed by atoms with Gasteiger partial charge in [0.2, 0.25) is 0 Å². The van der Waals surface area contributed by atoms with Crippen molar-refractivity contribution in [2.45, 2.75) is 39.5 Å². The summed E-state index contributed by atoms with van der Waals surface area (Å²) in [4.78, 5) is 22.4. The van der Waals surface area contributed by atoms with E-state index in [1.54, 1.807) is 13.8 Å². The van der Waals surface area contributed by atoms with Crippen LogP contribution in [-0.4, -0.2) is 11.6 Å². The van der Waals surface area contributed by atoms with Gasteiger partial charge in [-0.15, -0.1) is 0 Å². The van der Waals surface area contributed by atoms with Gasteiger partial charge < -0.3 is 0 Å². The van der Waals surface area contributed by atoms with Crippen molar-refractivity contribution < 1.29 is 9.59 Å². The van der Waals surface area contributed by atoms with E-state index in [1.165, 1.54) is 11.1 Å². The van der Waals surface area contributed by atoms with Crippen molar-refractivity contribution in [3.8, 4) is 0 Å². The molecule has 0 saturated heterocycles. The Bertz CT molecular complexity index is 865. The summed E-state index contributed by atoms with van der Waals surface area (Å²) in [5.41, 5.74) is 4.66. The average molecular weight is 373 g/mol. The lowest BCUT2D eigenvalue weighted by Crippen LogP contribution is -2.11. The minimum atomic E-state index is -0.0334. The molecule has 2 heteroatoms. The van der Waals surface area contributed by atoms with Crippen LogP contribution in [0.2, 0.25) is 0 Å². The third-order valence-electron chi connectivity index (χ3n) is 4.55. The number of Topliss-reactive ketones (excluding diaryl/α,β-unsaturated/α-hetero) is 2. The molecule has 0 aromatic heterocycles. The summed E-state index contributed by atoms with van der Waals surface area (Å²) < 4.78 is 0. The lowest BCUT2D eigenvalue weighted by Gasteiger charge is -2.14. The van der Waals surface area contributed by atoms with E-state index in [9.17, 15) is 9.59 Å². The molecule has 2 nitrogen and oxygen atoms in total. The Hall–Kier alpha value is -3.00. The molecule has 0 bridgehead atoms. The maximum atomic E-state index is 11.8. The molecule has 28 heavy (non-hydrogen) atoms. The summed E-state index contributed by atoms with van der Waals surface area (Å²) in [6.07, 6.45) is 1.33. The number of rotatable bonds is 6. The molecule has 0 amide bonds. The Kier molecular flexibility index (Phi) is 8.36. The van der Waals surface area contributed by atoms with Crippen LogP contribution in [0.1, 0.15) is 42.0 Å². The van der Waals surface area contributed by atoms with Gasteiger partial charge in [-0.05, 0) is 43.9 Å². The quantitative estimate of drug-likeness (QED) is 0.554. The van der Waals surface area contributed by atoms with Crippen molar-refractivity contribution >= 4 is 11.6 Å². The number of benzene rings is 3. The molecular weight excluding hydrogens is 344 g/mol. The van der Waals surface area contributed by atoms with Crippen LogP contribution in [0.15, 0.2) is 84.9 Å². The number of carbonyl (C=O) groups is 2. The first kappa shape index (κ1) is 21.3. The van der Waals surface area contributed by atoms with E-state index in [-0.39, 0.29) is 17.5 Å². The van der Waals surface area contributed by atoms with E-state index in [0.29, 0.717) is 6.42 Å². The zero-order chi connectivity index (χ0) is 20.4. The van der Waals surface area contributed by atoms with E-state index in [2.05, 4.69) is 31.2 Å². The smallest absolute Gasteiger partial charge is 0.137 e. The normalized spacial score (nSPS) is 11.1. The fraction of sp³-hybridized carbons (Fsp3) is 0.231. The molecule has 0 N–H and O–H groups in total. The topological polar surface area (TPSA) is 34.1 Å². The monoisotopic (exact) mass is 372 g/mol. The molecule has 0 radical (unpaired) electrons. The molecule has 0 spiro atoms. The molecule has 3 aromatic rings. The highest BCUT2D eigenvalue weighted by molar-refractivity contribution is 5.83. The standard InChI is InChI=1S/C17H18O.C9H10O/c1-13-8-10-15(11-9-13)12-17(14(2)18)16-6-4-3-5-7-16;1-8(10)7-9-5-3-2-4-6-9/h3-11,17H,12H2,1-2H3;2-6H,7H2,1H3. The number of hydrogen-bond donors (Lipinski definition) is 0. The second-order valence-corrected chi connectivity index (χ2v) is 7.13. The van der Waals surface area contributed by atoms with Gasteiger partial charge in [0.25, 0.3) is 0 Å². The Morgan fingerprint density at radius 1 is 0.714 bits per heavy atom. The van der Waals surface area contributed by atoms with E-state index in [1.807, 2.05) is 60.7 Å². The minimum absolute atomic E-state index is 0.0334. The zero-order valence-electron chi connectivity index (χ0n) is 16.9. The second kappa shape index (κ2) is 11.0. The van der Waals surface area contributed by atoms with E-state index in [0.717, 1.165) is 17.5 Å². The predicted octanol–water partition coefficient (Wildman–Crippen LogP) is 5.73. The summed E-state index contributed by atoms with van der Waals surface area (Å²) in [6.45, 7) is 5.35. The molecular formula is C26H28O2. The van der Waals surface area contributed by atoms with Crippen LogP contribution in [0, 0.1) is 6.92 Å². The van der Waals surface area contributed by atoms with Crippen LogP contribution in [0.5, 0.6) is 0 Å². The molecule has 0 aliphatic carbocycles. The van der Waals surface area contributed by atoms with Crippen molar-refractivity contribution in [2.75, 3.05) is 0 Å². The number of hydrogen-bond acceptors (Lipinski definition) is 2. The van der Waals surface area contributed by atoms with Crippen LogP contribution in [0.4, 0.5) is 0 Å². The van der Waals surface area contributed by atoms with Gasteiger partial charge in [-0.25, -0.2) is 0 Å². The van der Waals surface area contributed by atoms with Gasteiger partial charge in [-0.3, -0.25) is 9.59 Å². The highest BCUT2D eigenvalue weighted by Gasteiger charge is 2.16. The molecule has 0 saturated carbocycles. The summed E-state index contributed by atoms with van der Waals surface area (Å²) in [5, 5.41) is 0. The van der Waals surface area contributed by atoms with Gasteiger partial charge in [-0.2, -0.15) is 0 Å². The molecule has 0 aliphatic rings. The number of carbonyl (C=O) groups excluding carboxylic acids is 2. The summed E-state index contributed by atoms with van der Waals surface area (Å²) in [6, 6.07) is 28.2. The van der Waals surface area contributed by atoms with E-state index < -0.39 is 0 Å². The number of aryl methyl sites for hydroxylation is 1. The van der Waals surface area contributed by atoms with Crippen LogP contribution in [0.3, 0.4) is 0 Å². The fourth-order valence-corrected chi connectivity index (χ4v) is 3.02. The second-order valence-electron chi connectivity index (χ2n) is 7.13. The summed E-state index contributed by atoms with van der Waals surface area (Å²) >= 11 is 0. The summed E-state index contributed by atoms with van der Waals surface area (Å²) in [7, 11) is 0. The molecule has 1 atom stereocenters. The Morgan fingerprint density at radius 3 is 1.75 bits per heavy atom. The molecule has 0 aliphatic heterocycles. The maximum absolute atomic E-state index is 11.8. The lowest BCUT2D eigenvalue weighted by atomic mass is 9.89. The minimum Gasteiger partial charge on any atom is -0.300 e. The van der Waals surface area contributed by atoms with E-state index >= 15 is 0 Å². The SMILES string of the molecule is CC(=O)C(Cc1ccc(C)cc1)c1ccccc1.CC(=O)Cc1ccccc1. The first-order chi connectivity index (χ1) is 13.5. The van der Waals surface area contributed by atoms with Gasteiger partial charge in [0, 0.05) is 12.3 Å². The highest BCUT2D eigenvalue weighted by Crippen LogP contribution is 2.22. The van der Waals surface area contributed by atoms with Crippen LogP contribution in [0.25, 0.3) is 0 Å². The van der Waals surface area contributed by atoms with Crippen LogP contribution < -0.4 is 0 Å². The summed E-state index contributed by atoms with van der Waals surface area (Å²) in [5.74, 6) is 0.405. The zero-order valence-corrected chi connectivity index (χ0v) is 16.9. The van der Waals surface area contributed by atoms with Gasteiger partial charge in [0.05, 0.1) is 0 Å². The van der Waals surface area contributed by atoms with Crippen LogP contribution in [-0.2, 0) is 22.4 Å². The lowest BCUT2D eigenvalue weighted by molar-refractivity contribution is -0.118. The molecule has 1 unspecified atom stereocenters. The largest absolute Gasteiger partial charge is 0.300 e. The van der Waals surface area contributed by atoms with E-state index in [4.69, 9.17) is 0 Å². The van der Waals surface area contributed by atoms with Gasteiger partial charge in [-0.1, -0.05) is 90.5 Å². The molecule has 0 heterocycles. The number of ketones is 2. The molecule has 0 fully saturated rings. The van der Waals surface area contributed by atoms with Gasteiger partial charge >= 0.3 is 0 Å². The average Bonchev–Trinajstić information content (AvgIpc) is 2.69. The van der Waals surface area contributed by atoms with Crippen molar-refractivity contribution in [2.24, 2.45) is 0 Å². The first-order valence-electron chi connectivity index (χ1n) is 9.60. The third kappa shape index (κ3) is 7.32. The fourth-order valence-electron chi connectivity index (χ4n) is 3.02. The van der Waals surface area contributed by atoms with Crippen LogP contribution >= 0.6 is 0 Å². The Labute approximate surface area is 168 Å². The molecule has 3 rings (SSSR count). The maximum Gasteiger partial charge on any atom is 0.137 e. The predicted molar refractivity (Wildman–Crippen MR) is 116 cm³/mol. The highest BCUT2D eigenvalue weighted by atomic mass is 16.1. The van der Waals surface area contributed by atoms with Crippen molar-refractivity contribution in [1.29, 1.82) is 0 Å². The first-order valence-corrected chi connectivity index (χ1v) is 9.60. The van der Waals surface area contributed by atoms with Crippen molar-refractivity contribution in [3.63, 3.8) is 0 Å². The molecule has 3 aromatic carbocycles.